The minimum absolute atomic E-state index is 0.355. The molecule has 2 aromatic heterocycles. The van der Waals surface area contributed by atoms with Crippen molar-refractivity contribution in [1.82, 2.24) is 19.9 Å². The largest absolute Gasteiger partial charge is 0.382 e. The van der Waals surface area contributed by atoms with Gasteiger partial charge in [0.1, 0.15) is 12.1 Å². The van der Waals surface area contributed by atoms with Crippen LogP contribution in [-0.2, 0) is 0 Å². The van der Waals surface area contributed by atoms with E-state index in [4.69, 9.17) is 5.73 Å². The maximum Gasteiger partial charge on any atom is 0.185 e. The molecule has 13 heavy (non-hydrogen) atoms. The maximum atomic E-state index is 5.46. The molecule has 0 aliphatic carbocycles. The zero-order valence-electron chi connectivity index (χ0n) is 7.02. The molecule has 3 N–H and O–H groups in total. The molecule has 0 saturated carbocycles. The summed E-state index contributed by atoms with van der Waals surface area (Å²) in [4.78, 5) is 16.0. The Labute approximate surface area is 74.2 Å². The molecule has 6 nitrogen and oxygen atoms in total. The van der Waals surface area contributed by atoms with Crippen LogP contribution in [0.5, 0.6) is 0 Å². The summed E-state index contributed by atoms with van der Waals surface area (Å²) in [7, 11) is 1.76. The number of nitrogen functional groups attached to an aromatic ring is 1. The highest BCUT2D eigenvalue weighted by Crippen LogP contribution is 2.14. The second-order valence-corrected chi connectivity index (χ2v) is 2.44. The topological polar surface area (TPSA) is 89.6 Å². The Morgan fingerprint density at radius 1 is 1.31 bits per heavy atom. The van der Waals surface area contributed by atoms with E-state index in [9.17, 15) is 0 Å². The van der Waals surface area contributed by atoms with E-state index in [0.29, 0.717) is 22.8 Å². The first-order valence-corrected chi connectivity index (χ1v) is 3.72. The summed E-state index contributed by atoms with van der Waals surface area (Å²) in [6, 6.07) is 0. The van der Waals surface area contributed by atoms with Gasteiger partial charge in [-0.1, -0.05) is 0 Å². The van der Waals surface area contributed by atoms with Gasteiger partial charge in [-0.05, 0) is 0 Å². The van der Waals surface area contributed by atoms with Crippen molar-refractivity contribution in [2.75, 3.05) is 18.1 Å². The van der Waals surface area contributed by atoms with E-state index in [-0.39, 0.29) is 0 Å². The van der Waals surface area contributed by atoms with Crippen LogP contribution >= 0.6 is 0 Å². The summed E-state index contributed by atoms with van der Waals surface area (Å²) < 4.78 is 0. The van der Waals surface area contributed by atoms with Gasteiger partial charge in [0.2, 0.25) is 0 Å². The lowest BCUT2D eigenvalue weighted by Crippen LogP contribution is -2.00. The predicted molar refractivity (Wildman–Crippen MR) is 49.1 cm³/mol. The summed E-state index contributed by atoms with van der Waals surface area (Å²) in [5.41, 5.74) is 6.58. The van der Waals surface area contributed by atoms with Gasteiger partial charge < -0.3 is 11.1 Å². The fraction of sp³-hybridized carbons (Fsp3) is 0.143. The molecule has 0 spiro atoms. The zero-order valence-corrected chi connectivity index (χ0v) is 7.02. The molecule has 0 aliphatic heterocycles. The van der Waals surface area contributed by atoms with Crippen LogP contribution in [0.4, 0.5) is 11.6 Å². The van der Waals surface area contributed by atoms with Crippen LogP contribution < -0.4 is 11.1 Å². The molecular formula is C7H8N6. The highest BCUT2D eigenvalue weighted by atomic mass is 15.1. The van der Waals surface area contributed by atoms with Crippen LogP contribution in [0.25, 0.3) is 11.2 Å². The summed E-state index contributed by atoms with van der Waals surface area (Å²) in [5, 5.41) is 2.89. The van der Waals surface area contributed by atoms with E-state index < -0.39 is 0 Å². The smallest absolute Gasteiger partial charge is 0.185 e. The van der Waals surface area contributed by atoms with Gasteiger partial charge in [0, 0.05) is 7.05 Å². The number of anilines is 2. The third kappa shape index (κ3) is 1.22. The predicted octanol–water partition coefficient (Wildman–Crippen LogP) is 0.0437. The highest BCUT2D eigenvalue weighted by Gasteiger charge is 2.03. The normalized spacial score (nSPS) is 10.2. The molecular weight excluding hydrogens is 168 g/mol. The quantitative estimate of drug-likeness (QED) is 0.637. The van der Waals surface area contributed by atoms with Gasteiger partial charge in [-0.15, -0.1) is 0 Å². The average molecular weight is 176 g/mol. The lowest BCUT2D eigenvalue weighted by molar-refractivity contribution is 1.14. The van der Waals surface area contributed by atoms with Crippen molar-refractivity contribution in [1.29, 1.82) is 0 Å². The fourth-order valence-electron chi connectivity index (χ4n) is 1.03. The number of rotatable bonds is 1. The van der Waals surface area contributed by atoms with Gasteiger partial charge in [0.15, 0.2) is 17.0 Å². The average Bonchev–Trinajstić information content (AvgIpc) is 2.16. The van der Waals surface area contributed by atoms with Gasteiger partial charge in [0.25, 0.3) is 0 Å². The Morgan fingerprint density at radius 2 is 2.15 bits per heavy atom. The number of nitrogens with zero attached hydrogens (tertiary/aromatic N) is 4. The first-order valence-electron chi connectivity index (χ1n) is 3.72. The summed E-state index contributed by atoms with van der Waals surface area (Å²) in [5.74, 6) is 1.01. The van der Waals surface area contributed by atoms with E-state index in [0.717, 1.165) is 0 Å². The van der Waals surface area contributed by atoms with Crippen molar-refractivity contribution in [2.45, 2.75) is 0 Å². The monoisotopic (exact) mass is 176 g/mol. The van der Waals surface area contributed by atoms with Crippen molar-refractivity contribution >= 4 is 22.8 Å². The molecule has 2 heterocycles. The number of hydrogen-bond acceptors (Lipinski definition) is 6. The standard InChI is InChI=1S/C7H8N6/c1-9-6-5-7(12-3-11-6)13-4(8)2-10-5/h2-3H,1H3,(H3,8,9,11,12,13). The zero-order chi connectivity index (χ0) is 9.26. The molecule has 0 atom stereocenters. The van der Waals surface area contributed by atoms with Crippen LogP contribution in [-0.4, -0.2) is 27.0 Å². The summed E-state index contributed by atoms with van der Waals surface area (Å²) in [6.07, 6.45) is 2.90. The maximum absolute atomic E-state index is 5.46. The number of aromatic nitrogens is 4. The Hall–Kier alpha value is -1.98. The minimum Gasteiger partial charge on any atom is -0.382 e. The summed E-state index contributed by atoms with van der Waals surface area (Å²) in [6.45, 7) is 0. The van der Waals surface area contributed by atoms with Crippen LogP contribution in [0, 0.1) is 0 Å². The van der Waals surface area contributed by atoms with Crippen molar-refractivity contribution in [2.24, 2.45) is 0 Å². The van der Waals surface area contributed by atoms with Crippen LogP contribution in [0.1, 0.15) is 0 Å². The third-order valence-corrected chi connectivity index (χ3v) is 1.60. The SMILES string of the molecule is CNc1ncnc2nc(N)cnc12. The minimum atomic E-state index is 0.355. The molecule has 0 amide bonds. The van der Waals surface area contributed by atoms with E-state index in [1.54, 1.807) is 7.05 Å². The molecule has 0 saturated heterocycles. The molecule has 0 aliphatic rings. The Morgan fingerprint density at radius 3 is 2.92 bits per heavy atom. The Balaban J connectivity index is 2.77. The molecule has 6 heteroatoms. The highest BCUT2D eigenvalue weighted by molar-refractivity contribution is 5.82. The first-order chi connectivity index (χ1) is 6.31. The molecule has 0 radical (unpaired) electrons. The molecule has 0 fully saturated rings. The van der Waals surface area contributed by atoms with E-state index in [1.165, 1.54) is 12.5 Å². The van der Waals surface area contributed by atoms with Gasteiger partial charge in [0.05, 0.1) is 6.20 Å². The molecule has 2 aromatic rings. The van der Waals surface area contributed by atoms with Gasteiger partial charge >= 0.3 is 0 Å². The second-order valence-electron chi connectivity index (χ2n) is 2.44. The third-order valence-electron chi connectivity index (χ3n) is 1.60. The van der Waals surface area contributed by atoms with E-state index >= 15 is 0 Å². The summed E-state index contributed by atoms with van der Waals surface area (Å²) >= 11 is 0. The molecule has 2 rings (SSSR count). The number of nitrogens with one attached hydrogen (secondary N) is 1. The first kappa shape index (κ1) is 7.66. The van der Waals surface area contributed by atoms with Crippen molar-refractivity contribution < 1.29 is 0 Å². The fourth-order valence-corrected chi connectivity index (χ4v) is 1.03. The van der Waals surface area contributed by atoms with Gasteiger partial charge in [-0.3, -0.25) is 0 Å². The molecule has 0 bridgehead atoms. The lowest BCUT2D eigenvalue weighted by atomic mass is 10.4. The lowest BCUT2D eigenvalue weighted by Gasteiger charge is -2.01. The number of fused-ring (bicyclic) bond motifs is 1. The van der Waals surface area contributed by atoms with Crippen molar-refractivity contribution in [3.63, 3.8) is 0 Å². The van der Waals surface area contributed by atoms with Crippen molar-refractivity contribution in [3.05, 3.63) is 12.5 Å². The molecule has 0 aromatic carbocycles. The van der Waals surface area contributed by atoms with E-state index in [2.05, 4.69) is 25.3 Å². The number of hydrogen-bond donors (Lipinski definition) is 2. The van der Waals surface area contributed by atoms with E-state index in [1.807, 2.05) is 0 Å². The van der Waals surface area contributed by atoms with Crippen LogP contribution in [0.2, 0.25) is 0 Å². The molecule has 0 unspecified atom stereocenters. The second kappa shape index (κ2) is 2.81. The van der Waals surface area contributed by atoms with Gasteiger partial charge in [-0.2, -0.15) is 0 Å². The van der Waals surface area contributed by atoms with Crippen LogP contribution in [0.15, 0.2) is 12.5 Å². The number of nitrogens with two attached hydrogens (primary N) is 1. The Kier molecular flexibility index (Phi) is 1.66. The molecule has 66 valence electrons. The van der Waals surface area contributed by atoms with Crippen molar-refractivity contribution in [3.8, 4) is 0 Å². The Bertz CT molecular complexity index is 440. The van der Waals surface area contributed by atoms with Crippen LogP contribution in [0.3, 0.4) is 0 Å². The van der Waals surface area contributed by atoms with Gasteiger partial charge in [-0.25, -0.2) is 19.9 Å².